The average Bonchev–Trinajstić information content (AvgIpc) is 2.96. The van der Waals surface area contributed by atoms with Crippen LogP contribution in [0.4, 0.5) is 13.2 Å². The minimum Gasteiger partial charge on any atom is -0.475 e. The van der Waals surface area contributed by atoms with E-state index in [1.165, 1.54) is 0 Å². The zero-order chi connectivity index (χ0) is 24.9. The van der Waals surface area contributed by atoms with Gasteiger partial charge < -0.3 is 14.7 Å². The lowest BCUT2D eigenvalue weighted by atomic mass is 9.83. The topological polar surface area (TPSA) is 114 Å². The van der Waals surface area contributed by atoms with Crippen LogP contribution in [0.1, 0.15) is 38.7 Å². The molecule has 33 heavy (non-hydrogen) atoms. The summed E-state index contributed by atoms with van der Waals surface area (Å²) in [6.07, 6.45) is 0.326. The van der Waals surface area contributed by atoms with Crippen LogP contribution >= 0.6 is 0 Å². The van der Waals surface area contributed by atoms with E-state index in [9.17, 15) is 26.4 Å². The lowest BCUT2D eigenvalue weighted by Crippen LogP contribution is -2.68. The summed E-state index contributed by atoms with van der Waals surface area (Å²) < 4.78 is 62.0. The molecule has 1 N–H and O–H groups in total. The van der Waals surface area contributed by atoms with Gasteiger partial charge in [-0.1, -0.05) is 19.9 Å². The molecule has 3 rings (SSSR count). The Morgan fingerprint density at radius 3 is 2.48 bits per heavy atom. The first-order chi connectivity index (χ1) is 15.3. The number of carboxylic acids is 1. The predicted octanol–water partition coefficient (Wildman–Crippen LogP) is 2.68. The van der Waals surface area contributed by atoms with Gasteiger partial charge in [0.05, 0.1) is 19.0 Å². The standard InChI is InChI=1S/C19H28N2O4S.C2HF3O2/c1-15(2)5-6-18(22)21-13-19(14-21)17(7-9-26(19,23)24)12-25-11-16-4-3-8-20-10-16;3-2(4,5)1(6)7/h3-4,8,10,15,17H,5-7,9,11-14H2,1-2H3;(H,6,7). The number of amides is 1. The van der Waals surface area contributed by atoms with Crippen molar-refractivity contribution in [3.05, 3.63) is 30.1 Å². The number of sulfone groups is 1. The number of halogens is 3. The first kappa shape index (κ1) is 27.0. The van der Waals surface area contributed by atoms with E-state index in [4.69, 9.17) is 14.6 Å². The Morgan fingerprint density at radius 2 is 1.97 bits per heavy atom. The number of nitrogens with zero attached hydrogens (tertiary/aromatic N) is 2. The summed E-state index contributed by atoms with van der Waals surface area (Å²) in [5.41, 5.74) is 0.974. The maximum atomic E-state index is 12.6. The van der Waals surface area contributed by atoms with Gasteiger partial charge >= 0.3 is 12.1 Å². The third-order valence-electron chi connectivity index (χ3n) is 5.86. The number of carbonyl (C=O) groups excluding carboxylic acids is 1. The molecule has 1 spiro atoms. The van der Waals surface area contributed by atoms with Crippen molar-refractivity contribution in [2.24, 2.45) is 11.8 Å². The summed E-state index contributed by atoms with van der Waals surface area (Å²) in [6.45, 7) is 5.66. The fourth-order valence-corrected chi connectivity index (χ4v) is 6.26. The number of hydrogen-bond acceptors (Lipinski definition) is 6. The second-order valence-electron chi connectivity index (χ2n) is 8.73. The highest BCUT2D eigenvalue weighted by atomic mass is 32.2. The summed E-state index contributed by atoms with van der Waals surface area (Å²) in [7, 11) is -3.18. The van der Waals surface area contributed by atoms with Crippen molar-refractivity contribution in [1.29, 1.82) is 0 Å². The maximum Gasteiger partial charge on any atom is 0.490 e. The molecule has 186 valence electrons. The van der Waals surface area contributed by atoms with Gasteiger partial charge in [-0.05, 0) is 30.4 Å². The molecule has 1 aromatic rings. The Bertz CT molecular complexity index is 916. The molecule has 2 fully saturated rings. The molecule has 1 aromatic heterocycles. The quantitative estimate of drug-likeness (QED) is 0.620. The zero-order valence-electron chi connectivity index (χ0n) is 18.5. The smallest absolute Gasteiger partial charge is 0.475 e. The maximum absolute atomic E-state index is 12.6. The third-order valence-corrected chi connectivity index (χ3v) is 8.46. The van der Waals surface area contributed by atoms with Crippen molar-refractivity contribution in [2.45, 2.75) is 50.6 Å². The lowest BCUT2D eigenvalue weighted by Gasteiger charge is -2.50. The van der Waals surface area contributed by atoms with E-state index in [2.05, 4.69) is 18.8 Å². The highest BCUT2D eigenvalue weighted by Crippen LogP contribution is 2.45. The third kappa shape index (κ3) is 6.89. The minimum atomic E-state index is -5.08. The van der Waals surface area contributed by atoms with Gasteiger partial charge in [0, 0.05) is 37.8 Å². The zero-order valence-corrected chi connectivity index (χ0v) is 19.4. The van der Waals surface area contributed by atoms with Crippen LogP contribution < -0.4 is 0 Å². The fraction of sp³-hybridized carbons (Fsp3) is 0.667. The minimum absolute atomic E-state index is 0.0432. The molecule has 0 bridgehead atoms. The second kappa shape index (κ2) is 10.8. The Morgan fingerprint density at radius 1 is 1.33 bits per heavy atom. The van der Waals surface area contributed by atoms with Crippen molar-refractivity contribution in [2.75, 3.05) is 25.4 Å². The molecule has 1 unspecified atom stereocenters. The molecular weight excluding hydrogens is 465 g/mol. The van der Waals surface area contributed by atoms with Crippen LogP contribution in [0.2, 0.25) is 0 Å². The van der Waals surface area contributed by atoms with Crippen LogP contribution in [0, 0.1) is 11.8 Å². The number of carbonyl (C=O) groups is 2. The molecule has 8 nitrogen and oxygen atoms in total. The van der Waals surface area contributed by atoms with Crippen molar-refractivity contribution >= 4 is 21.7 Å². The molecule has 2 aliphatic heterocycles. The first-order valence-electron chi connectivity index (χ1n) is 10.6. The van der Waals surface area contributed by atoms with Crippen LogP contribution in [0.15, 0.2) is 24.5 Å². The second-order valence-corrected chi connectivity index (χ2v) is 11.2. The molecule has 3 heterocycles. The van der Waals surface area contributed by atoms with E-state index in [-0.39, 0.29) is 17.6 Å². The SMILES string of the molecule is CC(C)CCC(=O)N1CC2(C1)C(COCc1cccnc1)CCS2(=O)=O.O=C(O)C(F)(F)F. The Balaban J connectivity index is 0.000000479. The van der Waals surface area contributed by atoms with Crippen molar-refractivity contribution in [3.63, 3.8) is 0 Å². The molecule has 0 saturated carbocycles. The monoisotopic (exact) mass is 494 g/mol. The highest BCUT2D eigenvalue weighted by Gasteiger charge is 2.62. The van der Waals surface area contributed by atoms with Crippen molar-refractivity contribution in [3.8, 4) is 0 Å². The number of likely N-dealkylation sites (tertiary alicyclic amines) is 1. The number of aliphatic carboxylic acids is 1. The molecule has 0 aliphatic carbocycles. The largest absolute Gasteiger partial charge is 0.490 e. The van der Waals surface area contributed by atoms with Crippen LogP contribution in [0.3, 0.4) is 0 Å². The molecule has 0 aromatic carbocycles. The van der Waals surface area contributed by atoms with E-state index in [1.807, 2.05) is 12.1 Å². The molecule has 0 radical (unpaired) electrons. The van der Waals surface area contributed by atoms with Gasteiger partial charge in [0.15, 0.2) is 9.84 Å². The number of hydrogen-bond donors (Lipinski definition) is 1. The summed E-state index contributed by atoms with van der Waals surface area (Å²) in [6, 6.07) is 3.79. The number of rotatable bonds is 7. The van der Waals surface area contributed by atoms with Crippen LogP contribution in [0.5, 0.6) is 0 Å². The van der Waals surface area contributed by atoms with E-state index in [1.54, 1.807) is 17.3 Å². The summed E-state index contributed by atoms with van der Waals surface area (Å²) in [4.78, 5) is 26.9. The number of ether oxygens (including phenoxy) is 1. The first-order valence-corrected chi connectivity index (χ1v) is 12.2. The van der Waals surface area contributed by atoms with Gasteiger partial charge in [-0.25, -0.2) is 13.2 Å². The van der Waals surface area contributed by atoms with Gasteiger partial charge in [0.1, 0.15) is 4.75 Å². The van der Waals surface area contributed by atoms with Gasteiger partial charge in [-0.3, -0.25) is 9.78 Å². The van der Waals surface area contributed by atoms with E-state index < -0.39 is 26.7 Å². The fourth-order valence-electron chi connectivity index (χ4n) is 3.86. The van der Waals surface area contributed by atoms with E-state index in [0.29, 0.717) is 45.1 Å². The molecule has 1 atom stereocenters. The van der Waals surface area contributed by atoms with Crippen LogP contribution in [-0.2, 0) is 30.8 Å². The lowest BCUT2D eigenvalue weighted by molar-refractivity contribution is -0.192. The summed E-state index contributed by atoms with van der Waals surface area (Å²) in [5, 5.41) is 7.12. The molecule has 2 aliphatic rings. The van der Waals surface area contributed by atoms with Gasteiger partial charge in [-0.2, -0.15) is 13.2 Å². The van der Waals surface area contributed by atoms with Crippen LogP contribution in [-0.4, -0.2) is 71.7 Å². The van der Waals surface area contributed by atoms with Gasteiger partial charge in [0.2, 0.25) is 5.91 Å². The number of pyridine rings is 1. The molecule has 2 saturated heterocycles. The Labute approximate surface area is 191 Å². The predicted molar refractivity (Wildman–Crippen MR) is 113 cm³/mol. The van der Waals surface area contributed by atoms with Crippen LogP contribution in [0.25, 0.3) is 0 Å². The molecular formula is C21H29F3N2O6S. The highest BCUT2D eigenvalue weighted by molar-refractivity contribution is 7.93. The van der Waals surface area contributed by atoms with E-state index >= 15 is 0 Å². The molecule has 1 amide bonds. The summed E-state index contributed by atoms with van der Waals surface area (Å²) >= 11 is 0. The number of aromatic nitrogens is 1. The number of alkyl halides is 3. The molecule has 12 heteroatoms. The Kier molecular flexibility index (Phi) is 8.86. The average molecular weight is 495 g/mol. The van der Waals surface area contributed by atoms with Crippen molar-refractivity contribution in [1.82, 2.24) is 9.88 Å². The Hall–Kier alpha value is -2.21. The summed E-state index contributed by atoms with van der Waals surface area (Å²) in [5.74, 6) is -2.06. The van der Waals surface area contributed by atoms with E-state index in [0.717, 1.165) is 12.0 Å². The van der Waals surface area contributed by atoms with Gasteiger partial charge in [-0.15, -0.1) is 0 Å². The number of carboxylic acid groups (broad SMARTS) is 1. The normalized spacial score (nSPS) is 20.8. The van der Waals surface area contributed by atoms with Crippen molar-refractivity contribution < 1.29 is 41.0 Å². The van der Waals surface area contributed by atoms with Gasteiger partial charge in [0.25, 0.3) is 0 Å².